The minimum absolute atomic E-state index is 0.353. The topological polar surface area (TPSA) is 12.0 Å². The van der Waals surface area contributed by atoms with E-state index in [0.717, 1.165) is 6.54 Å². The Kier molecular flexibility index (Phi) is 4.76. The first-order valence-electron chi connectivity index (χ1n) is 7.01. The minimum Gasteiger partial charge on any atom is -0.384 e. The molecule has 0 radical (unpaired) electrons. The van der Waals surface area contributed by atoms with Gasteiger partial charge in [-0.15, -0.1) is 0 Å². The van der Waals surface area contributed by atoms with E-state index in [1.807, 2.05) is 11.8 Å². The number of anilines is 1. The van der Waals surface area contributed by atoms with Crippen LogP contribution >= 0.6 is 11.8 Å². The van der Waals surface area contributed by atoms with Gasteiger partial charge in [0.2, 0.25) is 0 Å². The van der Waals surface area contributed by atoms with Crippen LogP contribution in [-0.4, -0.2) is 17.5 Å². The summed E-state index contributed by atoms with van der Waals surface area (Å²) in [5.41, 5.74) is 1.22. The third kappa shape index (κ3) is 3.24. The first-order valence-corrected chi connectivity index (χ1v) is 8.23. The van der Waals surface area contributed by atoms with Crippen molar-refractivity contribution in [3.05, 3.63) is 42.5 Å². The van der Waals surface area contributed by atoms with Crippen LogP contribution < -0.4 is 5.32 Å². The third-order valence-electron chi connectivity index (χ3n) is 4.09. The predicted molar refractivity (Wildman–Crippen MR) is 89.3 cm³/mol. The monoisotopic (exact) mass is 273 g/mol. The number of rotatable bonds is 6. The number of thioether (sulfide) groups is 1. The molecule has 0 fully saturated rings. The summed E-state index contributed by atoms with van der Waals surface area (Å²) in [6.07, 6.45) is 4.62. The van der Waals surface area contributed by atoms with Crippen molar-refractivity contribution in [1.29, 1.82) is 0 Å². The number of nitrogens with one attached hydrogen (secondary N) is 1. The maximum absolute atomic E-state index is 3.61. The number of hydrogen-bond donors (Lipinski definition) is 1. The maximum Gasteiger partial charge on any atom is 0.0347 e. The van der Waals surface area contributed by atoms with Gasteiger partial charge in [0.1, 0.15) is 0 Å². The molecule has 0 heterocycles. The van der Waals surface area contributed by atoms with Crippen molar-refractivity contribution in [3.8, 4) is 0 Å². The molecule has 2 heteroatoms. The highest BCUT2D eigenvalue weighted by atomic mass is 32.2. The fourth-order valence-electron chi connectivity index (χ4n) is 2.42. The highest BCUT2D eigenvalue weighted by molar-refractivity contribution is 8.00. The van der Waals surface area contributed by atoms with Crippen LogP contribution in [0, 0.1) is 0 Å². The van der Waals surface area contributed by atoms with Crippen molar-refractivity contribution in [1.82, 2.24) is 0 Å². The van der Waals surface area contributed by atoms with Crippen molar-refractivity contribution in [3.63, 3.8) is 0 Å². The van der Waals surface area contributed by atoms with E-state index in [0.29, 0.717) is 4.75 Å². The van der Waals surface area contributed by atoms with Crippen LogP contribution in [0.1, 0.15) is 26.7 Å². The van der Waals surface area contributed by atoms with Crippen LogP contribution in [0.4, 0.5) is 5.69 Å². The van der Waals surface area contributed by atoms with Crippen LogP contribution in [0.5, 0.6) is 0 Å². The van der Waals surface area contributed by atoms with Gasteiger partial charge < -0.3 is 5.32 Å². The molecule has 19 heavy (non-hydrogen) atoms. The van der Waals surface area contributed by atoms with Gasteiger partial charge in [-0.3, -0.25) is 0 Å². The second kappa shape index (κ2) is 6.33. The van der Waals surface area contributed by atoms with E-state index in [1.165, 1.54) is 29.3 Å². The molecule has 2 aromatic carbocycles. The Labute approximate surface area is 120 Å². The van der Waals surface area contributed by atoms with Gasteiger partial charge in [-0.1, -0.05) is 44.2 Å². The summed E-state index contributed by atoms with van der Waals surface area (Å²) in [4.78, 5) is 0. The lowest BCUT2D eigenvalue weighted by molar-refractivity contribution is 0.575. The van der Waals surface area contributed by atoms with Crippen molar-refractivity contribution in [2.45, 2.75) is 31.4 Å². The van der Waals surface area contributed by atoms with Crippen LogP contribution in [0.3, 0.4) is 0 Å². The normalized spacial score (nSPS) is 11.7. The molecule has 0 unspecified atom stereocenters. The van der Waals surface area contributed by atoms with Crippen LogP contribution in [0.15, 0.2) is 42.5 Å². The largest absolute Gasteiger partial charge is 0.384 e. The molecule has 0 saturated carbocycles. The molecule has 102 valence electrons. The highest BCUT2D eigenvalue weighted by Crippen LogP contribution is 2.31. The van der Waals surface area contributed by atoms with E-state index < -0.39 is 0 Å². The van der Waals surface area contributed by atoms with Crippen molar-refractivity contribution < 1.29 is 0 Å². The molecule has 0 spiro atoms. The van der Waals surface area contributed by atoms with Crippen LogP contribution in [0.2, 0.25) is 0 Å². The molecule has 0 aliphatic heterocycles. The first kappa shape index (κ1) is 14.3. The molecule has 0 atom stereocenters. The average molecular weight is 273 g/mol. The zero-order valence-electron chi connectivity index (χ0n) is 12.1. The van der Waals surface area contributed by atoms with Gasteiger partial charge in [-0.25, -0.2) is 0 Å². The Bertz CT molecular complexity index is 523. The molecule has 2 rings (SSSR count). The van der Waals surface area contributed by atoms with E-state index in [-0.39, 0.29) is 0 Å². The smallest absolute Gasteiger partial charge is 0.0347 e. The summed E-state index contributed by atoms with van der Waals surface area (Å²) < 4.78 is 0.353. The Morgan fingerprint density at radius 2 is 1.68 bits per heavy atom. The Hall–Kier alpha value is -1.15. The Morgan fingerprint density at radius 1 is 1.00 bits per heavy atom. The Morgan fingerprint density at radius 3 is 2.32 bits per heavy atom. The standard InChI is InChI=1S/C17H23NS/c1-4-17(5-2,19-3)13-18-16-11-10-14-8-6-7-9-15(14)12-16/h6-12,18H,4-5,13H2,1-3H3. The molecule has 0 amide bonds. The number of hydrogen-bond acceptors (Lipinski definition) is 2. The molecule has 1 N–H and O–H groups in total. The third-order valence-corrected chi connectivity index (χ3v) is 5.67. The van der Waals surface area contributed by atoms with Gasteiger partial charge in [0.15, 0.2) is 0 Å². The summed E-state index contributed by atoms with van der Waals surface area (Å²) in [7, 11) is 0. The summed E-state index contributed by atoms with van der Waals surface area (Å²) in [6.45, 7) is 5.59. The van der Waals surface area contributed by atoms with Crippen LogP contribution in [0.25, 0.3) is 10.8 Å². The minimum atomic E-state index is 0.353. The van der Waals surface area contributed by atoms with Gasteiger partial charge in [0, 0.05) is 17.0 Å². The average Bonchev–Trinajstić information content (AvgIpc) is 2.49. The zero-order chi connectivity index (χ0) is 13.7. The predicted octanol–water partition coefficient (Wildman–Crippen LogP) is 5.17. The molecular weight excluding hydrogens is 250 g/mol. The lowest BCUT2D eigenvalue weighted by Gasteiger charge is -2.30. The second-order valence-corrected chi connectivity index (χ2v) is 6.28. The van der Waals surface area contributed by atoms with Crippen LogP contribution in [-0.2, 0) is 0 Å². The lowest BCUT2D eigenvalue weighted by atomic mass is 10.0. The quantitative estimate of drug-likeness (QED) is 0.779. The van der Waals surface area contributed by atoms with Crippen molar-refractivity contribution in [2.75, 3.05) is 18.1 Å². The van der Waals surface area contributed by atoms with E-state index in [9.17, 15) is 0 Å². The summed E-state index contributed by atoms with van der Waals surface area (Å²) in [5, 5.41) is 6.21. The van der Waals surface area contributed by atoms with Gasteiger partial charge in [0.05, 0.1) is 0 Å². The molecule has 0 aliphatic rings. The zero-order valence-corrected chi connectivity index (χ0v) is 12.9. The molecular formula is C17H23NS. The lowest BCUT2D eigenvalue weighted by Crippen LogP contribution is -2.31. The fraction of sp³-hybridized carbons (Fsp3) is 0.412. The van der Waals surface area contributed by atoms with E-state index in [2.05, 4.69) is 67.9 Å². The van der Waals surface area contributed by atoms with E-state index in [1.54, 1.807) is 0 Å². The molecule has 2 aromatic rings. The molecule has 0 saturated heterocycles. The van der Waals surface area contributed by atoms with Gasteiger partial charge in [-0.05, 0) is 42.0 Å². The van der Waals surface area contributed by atoms with Gasteiger partial charge >= 0.3 is 0 Å². The first-order chi connectivity index (χ1) is 9.23. The van der Waals surface area contributed by atoms with Gasteiger partial charge in [-0.2, -0.15) is 11.8 Å². The number of fused-ring (bicyclic) bond motifs is 1. The Balaban J connectivity index is 2.13. The number of benzene rings is 2. The molecule has 0 bridgehead atoms. The molecule has 0 aromatic heterocycles. The maximum atomic E-state index is 3.61. The molecule has 0 aliphatic carbocycles. The SMILES string of the molecule is CCC(CC)(CNc1ccc2ccccc2c1)SC. The second-order valence-electron chi connectivity index (χ2n) is 5.01. The molecule has 1 nitrogen and oxygen atoms in total. The summed E-state index contributed by atoms with van der Waals surface area (Å²) in [5.74, 6) is 0. The summed E-state index contributed by atoms with van der Waals surface area (Å²) >= 11 is 1.98. The van der Waals surface area contributed by atoms with Crippen molar-refractivity contribution in [2.24, 2.45) is 0 Å². The fourth-order valence-corrected chi connectivity index (χ4v) is 3.22. The van der Waals surface area contributed by atoms with Gasteiger partial charge in [0.25, 0.3) is 0 Å². The summed E-state index contributed by atoms with van der Waals surface area (Å²) in [6, 6.07) is 15.1. The highest BCUT2D eigenvalue weighted by Gasteiger charge is 2.24. The van der Waals surface area contributed by atoms with Crippen molar-refractivity contribution >= 4 is 28.2 Å². The van der Waals surface area contributed by atoms with E-state index in [4.69, 9.17) is 0 Å². The van der Waals surface area contributed by atoms with E-state index >= 15 is 0 Å².